The van der Waals surface area contributed by atoms with E-state index in [1.165, 1.54) is 19.4 Å². The van der Waals surface area contributed by atoms with Gasteiger partial charge in [-0.15, -0.1) is 0 Å². The highest BCUT2D eigenvalue weighted by Gasteiger charge is 2.20. The number of carbonyl (C=O) groups excluding carboxylic acids is 2. The van der Waals surface area contributed by atoms with E-state index in [9.17, 15) is 9.59 Å². The summed E-state index contributed by atoms with van der Waals surface area (Å²) in [6.07, 6.45) is 4.60. The van der Waals surface area contributed by atoms with Crippen molar-refractivity contribution in [3.8, 4) is 0 Å². The summed E-state index contributed by atoms with van der Waals surface area (Å²) in [4.78, 5) is 27.0. The lowest BCUT2D eigenvalue weighted by Crippen LogP contribution is -2.28. The van der Waals surface area contributed by atoms with Crippen LogP contribution in [0.15, 0.2) is 48.5 Å². The number of benzene rings is 2. The van der Waals surface area contributed by atoms with Gasteiger partial charge in [-0.2, -0.15) is 0 Å². The Bertz CT molecular complexity index is 820. The molecular weight excluding hydrogens is 352 g/mol. The van der Waals surface area contributed by atoms with Crippen LogP contribution in [0.1, 0.15) is 46.4 Å². The molecule has 3 rings (SSSR count). The highest BCUT2D eigenvalue weighted by molar-refractivity contribution is 6.06. The van der Waals surface area contributed by atoms with E-state index in [0.29, 0.717) is 35.1 Å². The Labute approximate surface area is 166 Å². The average Bonchev–Trinajstić information content (AvgIpc) is 3.11. The van der Waals surface area contributed by atoms with E-state index >= 15 is 0 Å². The minimum atomic E-state index is -0.259. The predicted octanol–water partition coefficient (Wildman–Crippen LogP) is 3.13. The molecule has 1 saturated heterocycles. The molecule has 0 bridgehead atoms. The summed E-state index contributed by atoms with van der Waals surface area (Å²) in [5.41, 5.74) is 7.95. The topological polar surface area (TPSA) is 87.5 Å². The maximum Gasteiger partial charge on any atom is 0.255 e. The summed E-state index contributed by atoms with van der Waals surface area (Å²) in [5.74, 6) is -0.371. The molecule has 0 aromatic heterocycles. The average molecular weight is 380 g/mol. The zero-order chi connectivity index (χ0) is 19.9. The monoisotopic (exact) mass is 380 g/mol. The van der Waals surface area contributed by atoms with Gasteiger partial charge in [0.05, 0.1) is 11.4 Å². The van der Waals surface area contributed by atoms with Crippen molar-refractivity contribution in [3.05, 3.63) is 59.7 Å². The molecule has 6 heteroatoms. The Morgan fingerprint density at radius 1 is 1.07 bits per heavy atom. The largest absolute Gasteiger partial charge is 0.397 e. The Kier molecular flexibility index (Phi) is 6.66. The van der Waals surface area contributed by atoms with E-state index < -0.39 is 0 Å². The number of nitrogen functional groups attached to an aromatic ring is 1. The minimum Gasteiger partial charge on any atom is -0.397 e. The van der Waals surface area contributed by atoms with E-state index in [1.807, 2.05) is 12.1 Å². The molecule has 1 aliphatic heterocycles. The first kappa shape index (κ1) is 19.9. The first-order chi connectivity index (χ1) is 13.5. The lowest BCUT2D eigenvalue weighted by atomic mass is 10.1. The van der Waals surface area contributed by atoms with Crippen molar-refractivity contribution >= 4 is 23.2 Å². The Hall–Kier alpha value is -2.86. The summed E-state index contributed by atoms with van der Waals surface area (Å²) in [5, 5.41) is 5.74. The molecule has 28 heavy (non-hydrogen) atoms. The Balaban J connectivity index is 1.47. The minimum absolute atomic E-state index is 0.112. The van der Waals surface area contributed by atoms with Crippen molar-refractivity contribution in [1.29, 1.82) is 0 Å². The lowest BCUT2D eigenvalue weighted by Gasteiger charge is -2.19. The number of nitrogens with one attached hydrogen (secondary N) is 2. The van der Waals surface area contributed by atoms with Crippen molar-refractivity contribution in [1.82, 2.24) is 10.2 Å². The van der Waals surface area contributed by atoms with Gasteiger partial charge in [-0.25, -0.2) is 0 Å². The van der Waals surface area contributed by atoms with Gasteiger partial charge >= 0.3 is 0 Å². The molecule has 2 aromatic carbocycles. The van der Waals surface area contributed by atoms with E-state index in [0.717, 1.165) is 12.8 Å². The molecule has 1 fully saturated rings. The van der Waals surface area contributed by atoms with Gasteiger partial charge in [0.2, 0.25) is 0 Å². The number of likely N-dealkylation sites (tertiary alicyclic amines) is 1. The molecule has 0 saturated carbocycles. The number of nitrogens with zero attached hydrogens (tertiary/aromatic N) is 1. The van der Waals surface area contributed by atoms with Gasteiger partial charge in [-0.3, -0.25) is 9.59 Å². The van der Waals surface area contributed by atoms with Crippen LogP contribution in [0.4, 0.5) is 11.4 Å². The zero-order valence-corrected chi connectivity index (χ0v) is 16.3. The van der Waals surface area contributed by atoms with E-state index in [-0.39, 0.29) is 11.8 Å². The van der Waals surface area contributed by atoms with Crippen molar-refractivity contribution in [2.45, 2.75) is 31.7 Å². The molecule has 0 radical (unpaired) electrons. The van der Waals surface area contributed by atoms with Crippen LogP contribution in [0.2, 0.25) is 0 Å². The smallest absolute Gasteiger partial charge is 0.255 e. The van der Waals surface area contributed by atoms with Gasteiger partial charge in [0.15, 0.2) is 0 Å². The molecular formula is C22H28N4O2. The predicted molar refractivity (Wildman–Crippen MR) is 112 cm³/mol. The standard InChI is InChI=1S/C22H28N4O2/c1-26-15-5-7-18(26)6-4-14-24-21(27)16-10-12-17(13-11-16)22(28)25-20-9-3-2-8-19(20)23/h2-3,8-13,18H,4-7,14-15,23H2,1H3,(H,24,27)(H,25,28). The summed E-state index contributed by atoms with van der Waals surface area (Å²) >= 11 is 0. The van der Waals surface area contributed by atoms with E-state index in [2.05, 4.69) is 22.6 Å². The molecule has 148 valence electrons. The Morgan fingerprint density at radius 3 is 2.39 bits per heavy atom. The normalized spacial score (nSPS) is 16.7. The van der Waals surface area contributed by atoms with Crippen LogP contribution < -0.4 is 16.4 Å². The Morgan fingerprint density at radius 2 is 1.75 bits per heavy atom. The van der Waals surface area contributed by atoms with Crippen LogP contribution in [-0.2, 0) is 0 Å². The van der Waals surface area contributed by atoms with Crippen LogP contribution >= 0.6 is 0 Å². The summed E-state index contributed by atoms with van der Waals surface area (Å²) in [7, 11) is 2.17. The van der Waals surface area contributed by atoms with E-state index in [1.54, 1.807) is 36.4 Å². The van der Waals surface area contributed by atoms with Gasteiger partial charge in [-0.05, 0) is 75.7 Å². The van der Waals surface area contributed by atoms with Gasteiger partial charge in [0.25, 0.3) is 11.8 Å². The van der Waals surface area contributed by atoms with Crippen LogP contribution in [0.3, 0.4) is 0 Å². The van der Waals surface area contributed by atoms with Gasteiger partial charge < -0.3 is 21.3 Å². The number of anilines is 2. The molecule has 0 aliphatic carbocycles. The third-order valence-electron chi connectivity index (χ3n) is 5.29. The highest BCUT2D eigenvalue weighted by Crippen LogP contribution is 2.19. The third-order valence-corrected chi connectivity index (χ3v) is 5.29. The quantitative estimate of drug-likeness (QED) is 0.509. The third kappa shape index (κ3) is 5.10. The molecule has 2 amide bonds. The van der Waals surface area contributed by atoms with Crippen LogP contribution in [0, 0.1) is 0 Å². The zero-order valence-electron chi connectivity index (χ0n) is 16.3. The fraction of sp³-hybridized carbons (Fsp3) is 0.364. The molecule has 0 spiro atoms. The summed E-state index contributed by atoms with van der Waals surface area (Å²) in [6, 6.07) is 14.4. The van der Waals surface area contributed by atoms with Crippen LogP contribution in [0.25, 0.3) is 0 Å². The van der Waals surface area contributed by atoms with Crippen molar-refractivity contribution in [2.75, 3.05) is 31.2 Å². The number of rotatable bonds is 7. The van der Waals surface area contributed by atoms with Crippen molar-refractivity contribution in [2.24, 2.45) is 0 Å². The lowest BCUT2D eigenvalue weighted by molar-refractivity contribution is 0.0950. The second-order valence-electron chi connectivity index (χ2n) is 7.29. The number of nitrogens with two attached hydrogens (primary N) is 1. The second kappa shape index (κ2) is 9.37. The van der Waals surface area contributed by atoms with E-state index in [4.69, 9.17) is 5.73 Å². The van der Waals surface area contributed by atoms with Gasteiger partial charge in [-0.1, -0.05) is 12.1 Å². The van der Waals surface area contributed by atoms with Crippen molar-refractivity contribution in [3.63, 3.8) is 0 Å². The number of hydrogen-bond acceptors (Lipinski definition) is 4. The van der Waals surface area contributed by atoms with Crippen LogP contribution in [-0.4, -0.2) is 42.9 Å². The van der Waals surface area contributed by atoms with Gasteiger partial charge in [0, 0.05) is 23.7 Å². The fourth-order valence-corrected chi connectivity index (χ4v) is 3.56. The van der Waals surface area contributed by atoms with Crippen molar-refractivity contribution < 1.29 is 9.59 Å². The first-order valence-electron chi connectivity index (χ1n) is 9.79. The molecule has 1 atom stereocenters. The highest BCUT2D eigenvalue weighted by atomic mass is 16.2. The SMILES string of the molecule is CN1CCCC1CCCNC(=O)c1ccc(C(=O)Nc2ccccc2N)cc1. The molecule has 1 unspecified atom stereocenters. The maximum atomic E-state index is 12.3. The number of carbonyl (C=O) groups is 2. The number of para-hydroxylation sites is 2. The maximum absolute atomic E-state index is 12.3. The molecule has 1 heterocycles. The van der Waals surface area contributed by atoms with Gasteiger partial charge in [0.1, 0.15) is 0 Å². The van der Waals surface area contributed by atoms with Crippen LogP contribution in [0.5, 0.6) is 0 Å². The molecule has 1 aliphatic rings. The summed E-state index contributed by atoms with van der Waals surface area (Å²) in [6.45, 7) is 1.84. The molecule has 4 N–H and O–H groups in total. The number of hydrogen-bond donors (Lipinski definition) is 3. The number of amides is 2. The molecule has 6 nitrogen and oxygen atoms in total. The molecule has 2 aromatic rings. The fourth-order valence-electron chi connectivity index (χ4n) is 3.56. The second-order valence-corrected chi connectivity index (χ2v) is 7.29. The first-order valence-corrected chi connectivity index (χ1v) is 9.79. The summed E-state index contributed by atoms with van der Waals surface area (Å²) < 4.78 is 0.